The van der Waals surface area contributed by atoms with Crippen LogP contribution in [0.4, 0.5) is 5.69 Å². The summed E-state index contributed by atoms with van der Waals surface area (Å²) in [5, 5.41) is 35.1. The molecule has 1 aromatic carbocycles. The second kappa shape index (κ2) is 13.4. The third kappa shape index (κ3) is 6.50. The van der Waals surface area contributed by atoms with E-state index < -0.39 is 81.9 Å². The van der Waals surface area contributed by atoms with Crippen LogP contribution in [-0.4, -0.2) is 75.7 Å². The van der Waals surface area contributed by atoms with Gasteiger partial charge < -0.3 is 25.0 Å². The van der Waals surface area contributed by atoms with E-state index in [2.05, 4.69) is 12.2 Å². The summed E-state index contributed by atoms with van der Waals surface area (Å²) in [5.41, 5.74) is -2.63. The first-order valence-electron chi connectivity index (χ1n) is 16.6. The van der Waals surface area contributed by atoms with Crippen molar-refractivity contribution in [1.29, 1.82) is 0 Å². The fraction of sp³-hybridized carbons (Fsp3) is 0.600. The molecule has 0 aromatic heterocycles. The Morgan fingerprint density at radius 2 is 1.84 bits per heavy atom. The number of nitrogens with one attached hydrogen (secondary N) is 1. The van der Waals surface area contributed by atoms with E-state index in [-0.39, 0.29) is 54.1 Å². The highest BCUT2D eigenvalue weighted by Gasteiger charge is 2.68. The quantitative estimate of drug-likeness (QED) is 0.174. The van der Waals surface area contributed by atoms with Gasteiger partial charge in [0.15, 0.2) is 18.1 Å². The van der Waals surface area contributed by atoms with E-state index >= 15 is 0 Å². The number of nitro groups is 1. The van der Waals surface area contributed by atoms with Crippen LogP contribution in [0.25, 0.3) is 0 Å². The smallest absolute Gasteiger partial charge is 0.328 e. The van der Waals surface area contributed by atoms with Crippen molar-refractivity contribution in [3.63, 3.8) is 0 Å². The number of nitro benzene ring substituents is 1. The number of ether oxygens (including phenoxy) is 2. The van der Waals surface area contributed by atoms with Crippen molar-refractivity contribution < 1.29 is 53.4 Å². The third-order valence-corrected chi connectivity index (χ3v) is 11.7. The number of phenolic OH excluding ortho intramolecular Hbond substituents is 1. The average Bonchev–Trinajstić information content (AvgIpc) is 3.33. The van der Waals surface area contributed by atoms with Gasteiger partial charge in [-0.1, -0.05) is 25.5 Å². The molecule has 3 fully saturated rings. The molecule has 0 spiro atoms. The number of aromatic hydroxyl groups is 1. The van der Waals surface area contributed by atoms with Gasteiger partial charge in [0.25, 0.3) is 0 Å². The number of hydrogen-bond acceptors (Lipinski definition) is 12. The summed E-state index contributed by atoms with van der Waals surface area (Å²) in [7, 11) is 1.10. The molecule has 0 unspecified atom stereocenters. The number of rotatable bonds is 11. The van der Waals surface area contributed by atoms with Gasteiger partial charge in [0.2, 0.25) is 11.7 Å². The van der Waals surface area contributed by atoms with Gasteiger partial charge >= 0.3 is 17.6 Å². The number of allylic oxidation sites excluding steroid dienone is 1. The van der Waals surface area contributed by atoms with Crippen LogP contribution in [0, 0.1) is 38.7 Å². The van der Waals surface area contributed by atoms with Gasteiger partial charge in [0, 0.05) is 43.1 Å². The van der Waals surface area contributed by atoms with Crippen LogP contribution in [0.1, 0.15) is 77.2 Å². The highest BCUT2D eigenvalue weighted by Crippen LogP contribution is 2.66. The summed E-state index contributed by atoms with van der Waals surface area (Å²) in [6, 6.07) is 2.26. The number of nitrogens with zero attached hydrogens (tertiary/aromatic N) is 1. The summed E-state index contributed by atoms with van der Waals surface area (Å²) in [6.45, 7) is 3.10. The van der Waals surface area contributed by atoms with Crippen LogP contribution in [0.5, 0.6) is 5.75 Å². The first kappa shape index (κ1) is 35.8. The van der Waals surface area contributed by atoms with Crippen molar-refractivity contribution in [1.82, 2.24) is 5.32 Å². The van der Waals surface area contributed by atoms with E-state index in [9.17, 15) is 49.1 Å². The molecular formula is C35H42N2O12. The van der Waals surface area contributed by atoms with E-state index in [0.29, 0.717) is 32.1 Å². The number of ketones is 3. The topological polar surface area (TPSA) is 217 Å². The van der Waals surface area contributed by atoms with Gasteiger partial charge in [0.05, 0.1) is 18.5 Å². The maximum Gasteiger partial charge on any atom is 0.328 e. The summed E-state index contributed by atoms with van der Waals surface area (Å²) in [6.07, 6.45) is 3.70. The minimum atomic E-state index is -1.88. The van der Waals surface area contributed by atoms with Crippen LogP contribution in [0.3, 0.4) is 0 Å². The molecule has 4 aliphatic carbocycles. The number of hydrogen-bond donors (Lipinski definition) is 3. The maximum absolute atomic E-state index is 13.8. The Hall–Kier alpha value is -4.46. The number of Topliss-reactive ketones (excluding diaryl/α,β-unsaturated/α-hetero) is 2. The molecular weight excluding hydrogens is 640 g/mol. The van der Waals surface area contributed by atoms with Gasteiger partial charge in [-0.25, -0.2) is 4.79 Å². The van der Waals surface area contributed by atoms with Crippen molar-refractivity contribution in [2.45, 2.75) is 89.7 Å². The molecule has 0 heterocycles. The number of carbonyl (C=O) groups excluding carboxylic acids is 6. The molecule has 5 rings (SSSR count). The number of methoxy groups -OCH3 is 1. The number of esters is 2. The number of carbonyl (C=O) groups is 6. The lowest BCUT2D eigenvalue weighted by molar-refractivity contribution is -0.385. The van der Waals surface area contributed by atoms with Crippen LogP contribution >= 0.6 is 0 Å². The Morgan fingerprint density at radius 1 is 1.10 bits per heavy atom. The predicted octanol–water partition coefficient (Wildman–Crippen LogP) is 2.84. The Morgan fingerprint density at radius 3 is 2.53 bits per heavy atom. The molecule has 264 valence electrons. The molecule has 0 radical (unpaired) electrons. The van der Waals surface area contributed by atoms with Gasteiger partial charge in [0.1, 0.15) is 17.4 Å². The van der Waals surface area contributed by atoms with E-state index in [4.69, 9.17) is 9.47 Å². The van der Waals surface area contributed by atoms with Crippen LogP contribution in [0.15, 0.2) is 29.8 Å². The van der Waals surface area contributed by atoms with E-state index in [1.807, 2.05) is 0 Å². The normalized spacial score (nSPS) is 30.9. The fourth-order valence-corrected chi connectivity index (χ4v) is 9.08. The largest absolute Gasteiger partial charge is 0.502 e. The molecule has 0 saturated heterocycles. The molecule has 1 aromatic rings. The first-order valence-corrected chi connectivity index (χ1v) is 16.6. The summed E-state index contributed by atoms with van der Waals surface area (Å²) in [5.74, 6) is -4.08. The second-order valence-corrected chi connectivity index (χ2v) is 14.3. The molecule has 3 N–H and O–H groups in total. The van der Waals surface area contributed by atoms with Gasteiger partial charge in [-0.05, 0) is 67.1 Å². The lowest BCUT2D eigenvalue weighted by Gasteiger charge is -2.57. The molecule has 14 heteroatoms. The number of fused-ring (bicyclic) bond motifs is 5. The highest BCUT2D eigenvalue weighted by atomic mass is 16.6. The minimum Gasteiger partial charge on any atom is -0.502 e. The zero-order valence-electron chi connectivity index (χ0n) is 27.8. The maximum atomic E-state index is 13.8. The monoisotopic (exact) mass is 682 g/mol. The summed E-state index contributed by atoms with van der Waals surface area (Å²) in [4.78, 5) is 87.3. The van der Waals surface area contributed by atoms with Crippen molar-refractivity contribution in [2.75, 3.05) is 13.7 Å². The van der Waals surface area contributed by atoms with Gasteiger partial charge in [-0.3, -0.25) is 34.1 Å². The highest BCUT2D eigenvalue weighted by molar-refractivity contribution is 5.95. The Labute approximate surface area is 282 Å². The standard InChI is InChI=1S/C35H42N2O12/c1-33-12-10-21(38)16-20(33)5-6-22-23-11-13-35(45,34(23,2)17-27(40)31(22)33)28(41)18-49-30(43)9-8-29(42)36-24(32(44)48-3)14-19-4-7-26(39)25(15-19)37(46)47/h4,7,15-16,22-24,31,39,45H,5-6,8-14,17-18H2,1-3H3,(H,36,42)/t22-,23-,24+,31-,33+,34+,35+/m1/s1. The average molecular weight is 683 g/mol. The number of amides is 1. The number of phenols is 1. The molecule has 0 aliphatic heterocycles. The fourth-order valence-electron chi connectivity index (χ4n) is 9.08. The molecule has 7 atom stereocenters. The lowest BCUT2D eigenvalue weighted by atomic mass is 9.46. The van der Waals surface area contributed by atoms with Gasteiger partial charge in [-0.15, -0.1) is 0 Å². The van der Waals surface area contributed by atoms with E-state index in [1.165, 1.54) is 6.07 Å². The van der Waals surface area contributed by atoms with Crippen molar-refractivity contribution in [3.05, 3.63) is 45.5 Å². The van der Waals surface area contributed by atoms with E-state index in [0.717, 1.165) is 24.8 Å². The summed E-state index contributed by atoms with van der Waals surface area (Å²) >= 11 is 0. The third-order valence-electron chi connectivity index (χ3n) is 11.7. The molecule has 4 aliphatic rings. The number of aliphatic hydroxyl groups is 1. The minimum absolute atomic E-state index is 0.00482. The lowest BCUT2D eigenvalue weighted by Crippen LogP contribution is -2.61. The molecule has 49 heavy (non-hydrogen) atoms. The molecule has 14 nitrogen and oxygen atoms in total. The second-order valence-electron chi connectivity index (χ2n) is 14.3. The summed E-state index contributed by atoms with van der Waals surface area (Å²) < 4.78 is 9.89. The molecule has 3 saturated carbocycles. The Bertz CT molecular complexity index is 1640. The Kier molecular flexibility index (Phi) is 9.84. The van der Waals surface area contributed by atoms with E-state index in [1.54, 1.807) is 13.0 Å². The Balaban J connectivity index is 1.16. The first-order chi connectivity index (χ1) is 23.0. The predicted molar refractivity (Wildman–Crippen MR) is 170 cm³/mol. The van der Waals surface area contributed by atoms with Crippen molar-refractivity contribution >= 4 is 40.9 Å². The van der Waals surface area contributed by atoms with Crippen LogP contribution in [0.2, 0.25) is 0 Å². The molecule has 1 amide bonds. The number of benzene rings is 1. The van der Waals surface area contributed by atoms with Gasteiger partial charge in [-0.2, -0.15) is 0 Å². The zero-order valence-corrected chi connectivity index (χ0v) is 27.8. The van der Waals surface area contributed by atoms with Crippen molar-refractivity contribution in [2.24, 2.45) is 28.6 Å². The van der Waals surface area contributed by atoms with Crippen LogP contribution in [-0.2, 0) is 44.7 Å². The van der Waals surface area contributed by atoms with Crippen LogP contribution < -0.4 is 5.32 Å². The zero-order chi connectivity index (χ0) is 35.9. The SMILES string of the molecule is COC(=O)[C@H](Cc1ccc(O)c([N+](=O)[O-])c1)NC(=O)CCC(=O)OCC(=O)[C@@]1(O)CC[C@@H]2[C@H]3CCC4=CC(=O)CC[C@]4(C)[C@H]3C(=O)C[C@@]21C. The molecule has 0 bridgehead atoms. The van der Waals surface area contributed by atoms with Crippen molar-refractivity contribution in [3.8, 4) is 5.75 Å².